The van der Waals surface area contributed by atoms with Gasteiger partial charge in [-0.15, -0.1) is 0 Å². The van der Waals surface area contributed by atoms with E-state index in [9.17, 15) is 4.79 Å². The van der Waals surface area contributed by atoms with Crippen LogP contribution in [-0.4, -0.2) is 57.3 Å². The van der Waals surface area contributed by atoms with Crippen molar-refractivity contribution in [3.63, 3.8) is 0 Å². The molecular formula is C29H34N2O3. The molecule has 5 heteroatoms. The smallest absolute Gasteiger partial charge is 0.337 e. The van der Waals surface area contributed by atoms with Crippen molar-refractivity contribution in [1.29, 1.82) is 0 Å². The number of hydrogen-bond acceptors (Lipinski definition) is 5. The Hall–Kier alpha value is -3.15. The molecule has 1 heterocycles. The Morgan fingerprint density at radius 1 is 1.09 bits per heavy atom. The van der Waals surface area contributed by atoms with Crippen molar-refractivity contribution in [3.8, 4) is 5.75 Å². The van der Waals surface area contributed by atoms with Crippen molar-refractivity contribution < 1.29 is 14.3 Å². The Morgan fingerprint density at radius 2 is 1.88 bits per heavy atom. The second kappa shape index (κ2) is 11.8. The zero-order valence-electron chi connectivity index (χ0n) is 20.1. The summed E-state index contributed by atoms with van der Waals surface area (Å²) in [6.07, 6.45) is 5.88. The maximum atomic E-state index is 11.7. The van der Waals surface area contributed by atoms with Crippen molar-refractivity contribution >= 4 is 22.8 Å². The van der Waals surface area contributed by atoms with Gasteiger partial charge in [-0.1, -0.05) is 54.6 Å². The number of methoxy groups -OCH3 is 1. The molecule has 1 aliphatic rings. The van der Waals surface area contributed by atoms with Crippen LogP contribution in [0, 0.1) is 0 Å². The summed E-state index contributed by atoms with van der Waals surface area (Å²) in [6.45, 7) is 3.42. The van der Waals surface area contributed by atoms with Gasteiger partial charge in [0.25, 0.3) is 0 Å². The Labute approximate surface area is 202 Å². The van der Waals surface area contributed by atoms with Gasteiger partial charge < -0.3 is 19.7 Å². The highest BCUT2D eigenvalue weighted by atomic mass is 16.5. The van der Waals surface area contributed by atoms with E-state index < -0.39 is 0 Å². The topological polar surface area (TPSA) is 50.8 Å². The predicted octanol–water partition coefficient (Wildman–Crippen LogP) is 5.16. The first-order valence-corrected chi connectivity index (χ1v) is 12.0. The molecule has 34 heavy (non-hydrogen) atoms. The number of likely N-dealkylation sites (tertiary alicyclic amines) is 1. The second-order valence-corrected chi connectivity index (χ2v) is 8.92. The van der Waals surface area contributed by atoms with Crippen LogP contribution in [0.25, 0.3) is 16.8 Å². The van der Waals surface area contributed by atoms with E-state index in [-0.39, 0.29) is 5.97 Å². The molecule has 178 valence electrons. The number of ether oxygens (including phenoxy) is 2. The lowest BCUT2D eigenvalue weighted by Gasteiger charge is -2.19. The first kappa shape index (κ1) is 24.0. The van der Waals surface area contributed by atoms with E-state index in [2.05, 4.69) is 41.5 Å². The van der Waals surface area contributed by atoms with Crippen LogP contribution in [-0.2, 0) is 4.74 Å². The molecule has 1 N–H and O–H groups in total. The van der Waals surface area contributed by atoms with Crippen LogP contribution in [0.5, 0.6) is 5.75 Å². The van der Waals surface area contributed by atoms with Gasteiger partial charge in [-0.2, -0.15) is 0 Å². The molecule has 1 fully saturated rings. The minimum atomic E-state index is -0.325. The summed E-state index contributed by atoms with van der Waals surface area (Å²) in [7, 11) is 3.62. The fourth-order valence-corrected chi connectivity index (χ4v) is 4.57. The summed E-state index contributed by atoms with van der Waals surface area (Å²) in [4.78, 5) is 14.2. The number of carbonyl (C=O) groups is 1. The average Bonchev–Trinajstić information content (AvgIpc) is 3.29. The first-order valence-electron chi connectivity index (χ1n) is 12.0. The molecule has 1 atom stereocenters. The number of carbonyl (C=O) groups excluding carboxylic acids is 1. The van der Waals surface area contributed by atoms with Crippen LogP contribution < -0.4 is 10.1 Å². The van der Waals surface area contributed by atoms with E-state index in [1.165, 1.54) is 31.9 Å². The summed E-state index contributed by atoms with van der Waals surface area (Å²) in [5.74, 6) is 0.561. The van der Waals surface area contributed by atoms with Gasteiger partial charge in [-0.25, -0.2) is 4.79 Å². The summed E-state index contributed by atoms with van der Waals surface area (Å²) in [6, 6.07) is 22.6. The maximum absolute atomic E-state index is 11.7. The number of nitrogens with zero attached hydrogens (tertiary/aromatic N) is 1. The van der Waals surface area contributed by atoms with Crippen LogP contribution in [0.1, 0.15) is 35.2 Å². The van der Waals surface area contributed by atoms with E-state index in [0.717, 1.165) is 41.8 Å². The normalized spacial score (nSPS) is 16.6. The SMILES string of the molecule is COC(=O)c1ccc(/C=C(/CNCCC2CCCN2C)COc2cccc3ccccc23)cc1. The van der Waals surface area contributed by atoms with Crippen LogP contribution >= 0.6 is 0 Å². The lowest BCUT2D eigenvalue weighted by atomic mass is 10.1. The number of nitrogens with one attached hydrogen (secondary N) is 1. The number of hydrogen-bond donors (Lipinski definition) is 1. The van der Waals surface area contributed by atoms with Crippen molar-refractivity contribution in [2.24, 2.45) is 0 Å². The molecule has 0 saturated carbocycles. The van der Waals surface area contributed by atoms with Gasteiger partial charge in [0.1, 0.15) is 12.4 Å². The van der Waals surface area contributed by atoms with Crippen molar-refractivity contribution in [2.75, 3.05) is 40.4 Å². The Morgan fingerprint density at radius 3 is 2.65 bits per heavy atom. The van der Waals surface area contributed by atoms with Crippen molar-refractivity contribution in [3.05, 3.63) is 83.4 Å². The standard InChI is InChI=1S/C29H34N2O3/c1-31-18-6-9-26(31)16-17-30-20-23(19-22-12-14-25(15-13-22)29(32)33-2)21-34-28-11-5-8-24-7-3-4-10-27(24)28/h3-5,7-8,10-15,19,26,30H,6,9,16-18,20-21H2,1-2H3/b23-19-. The maximum Gasteiger partial charge on any atom is 0.337 e. The molecule has 0 bridgehead atoms. The van der Waals surface area contributed by atoms with Crippen LogP contribution in [0.4, 0.5) is 0 Å². The largest absolute Gasteiger partial charge is 0.489 e. The first-order chi connectivity index (χ1) is 16.6. The molecule has 0 radical (unpaired) electrons. The third-order valence-corrected chi connectivity index (χ3v) is 6.54. The van der Waals surface area contributed by atoms with Gasteiger partial charge in [0.15, 0.2) is 0 Å². The van der Waals surface area contributed by atoms with Gasteiger partial charge in [0.05, 0.1) is 12.7 Å². The Kier molecular flexibility index (Phi) is 8.34. The van der Waals surface area contributed by atoms with Crippen LogP contribution in [0.15, 0.2) is 72.3 Å². The lowest BCUT2D eigenvalue weighted by molar-refractivity contribution is 0.0600. The Bertz CT molecular complexity index is 1120. The molecule has 1 unspecified atom stereocenters. The third-order valence-electron chi connectivity index (χ3n) is 6.54. The fourth-order valence-electron chi connectivity index (χ4n) is 4.57. The predicted molar refractivity (Wildman–Crippen MR) is 138 cm³/mol. The third kappa shape index (κ3) is 6.25. The molecule has 0 spiro atoms. The molecule has 3 aromatic rings. The fraction of sp³-hybridized carbons (Fsp3) is 0.345. The van der Waals surface area contributed by atoms with Gasteiger partial charge >= 0.3 is 5.97 Å². The van der Waals surface area contributed by atoms with Gasteiger partial charge in [0.2, 0.25) is 0 Å². The molecule has 4 rings (SSSR count). The average molecular weight is 459 g/mol. The summed E-state index contributed by atoms with van der Waals surface area (Å²) >= 11 is 0. The highest BCUT2D eigenvalue weighted by molar-refractivity contribution is 5.89. The minimum Gasteiger partial charge on any atom is -0.489 e. The number of benzene rings is 3. The van der Waals surface area contributed by atoms with E-state index in [0.29, 0.717) is 18.2 Å². The quantitative estimate of drug-likeness (QED) is 0.336. The van der Waals surface area contributed by atoms with Gasteiger partial charge in [-0.3, -0.25) is 0 Å². The molecule has 1 saturated heterocycles. The molecular weight excluding hydrogens is 424 g/mol. The highest BCUT2D eigenvalue weighted by Gasteiger charge is 2.19. The van der Waals surface area contributed by atoms with E-state index in [1.54, 1.807) is 12.1 Å². The van der Waals surface area contributed by atoms with E-state index in [4.69, 9.17) is 9.47 Å². The molecule has 0 aromatic heterocycles. The zero-order chi connectivity index (χ0) is 23.8. The number of fused-ring (bicyclic) bond motifs is 1. The van der Waals surface area contributed by atoms with E-state index in [1.807, 2.05) is 36.4 Å². The van der Waals surface area contributed by atoms with Gasteiger partial charge in [-0.05, 0) is 74.1 Å². The van der Waals surface area contributed by atoms with Crippen LogP contribution in [0.3, 0.4) is 0 Å². The zero-order valence-corrected chi connectivity index (χ0v) is 20.1. The van der Waals surface area contributed by atoms with E-state index >= 15 is 0 Å². The van der Waals surface area contributed by atoms with Gasteiger partial charge in [0, 0.05) is 18.0 Å². The Balaban J connectivity index is 1.44. The van der Waals surface area contributed by atoms with Crippen LogP contribution in [0.2, 0.25) is 0 Å². The molecule has 5 nitrogen and oxygen atoms in total. The van der Waals surface area contributed by atoms with Crippen molar-refractivity contribution in [2.45, 2.75) is 25.3 Å². The second-order valence-electron chi connectivity index (χ2n) is 8.92. The molecule has 1 aliphatic heterocycles. The number of rotatable bonds is 10. The van der Waals surface area contributed by atoms with Crippen molar-refractivity contribution in [1.82, 2.24) is 10.2 Å². The highest BCUT2D eigenvalue weighted by Crippen LogP contribution is 2.25. The minimum absolute atomic E-state index is 0.325. The molecule has 3 aromatic carbocycles. The molecule has 0 amide bonds. The summed E-state index contributed by atoms with van der Waals surface area (Å²) in [5, 5.41) is 5.90. The lowest BCUT2D eigenvalue weighted by Crippen LogP contribution is -2.30. The summed E-state index contributed by atoms with van der Waals surface area (Å²) in [5.41, 5.74) is 2.73. The summed E-state index contributed by atoms with van der Waals surface area (Å²) < 4.78 is 11.1. The number of esters is 1. The molecule has 0 aliphatic carbocycles. The monoisotopic (exact) mass is 458 g/mol.